The highest BCUT2D eigenvalue weighted by molar-refractivity contribution is 7.91. The molecular formula is C13H19NO3S. The minimum atomic E-state index is -3.19. The quantitative estimate of drug-likeness (QED) is 0.848. The van der Waals surface area contributed by atoms with Crippen LogP contribution in [-0.2, 0) is 14.6 Å². The number of carbonyl (C=O) groups is 1. The number of hydrogen-bond donors (Lipinski definition) is 1. The van der Waals surface area contributed by atoms with E-state index in [4.69, 9.17) is 5.73 Å². The molecule has 0 aliphatic carbocycles. The molecule has 1 aromatic rings. The van der Waals surface area contributed by atoms with Gasteiger partial charge in [-0.2, -0.15) is 0 Å². The Morgan fingerprint density at radius 1 is 1.22 bits per heavy atom. The molecule has 100 valence electrons. The van der Waals surface area contributed by atoms with Gasteiger partial charge >= 0.3 is 0 Å². The van der Waals surface area contributed by atoms with Gasteiger partial charge in [0.2, 0.25) is 0 Å². The van der Waals surface area contributed by atoms with Crippen molar-refractivity contribution < 1.29 is 13.2 Å². The van der Waals surface area contributed by atoms with Gasteiger partial charge in [-0.25, -0.2) is 8.42 Å². The fraction of sp³-hybridized carbons (Fsp3) is 0.462. The summed E-state index contributed by atoms with van der Waals surface area (Å²) < 4.78 is 23.2. The summed E-state index contributed by atoms with van der Waals surface area (Å²) in [5, 5.41) is -0.460. The molecule has 0 aliphatic heterocycles. The van der Waals surface area contributed by atoms with Gasteiger partial charge in [-0.1, -0.05) is 30.3 Å². The summed E-state index contributed by atoms with van der Waals surface area (Å²) in [6.07, 6.45) is -0.0312. The molecule has 0 saturated heterocycles. The Hall–Kier alpha value is -1.20. The summed E-state index contributed by atoms with van der Waals surface area (Å²) in [4.78, 5) is 11.8. The predicted molar refractivity (Wildman–Crippen MR) is 71.9 cm³/mol. The predicted octanol–water partition coefficient (Wildman–Crippen LogP) is 1.47. The third kappa shape index (κ3) is 3.92. The van der Waals surface area contributed by atoms with Crippen molar-refractivity contribution in [3.63, 3.8) is 0 Å². The van der Waals surface area contributed by atoms with Crippen LogP contribution in [0.3, 0.4) is 0 Å². The average Bonchev–Trinajstić information content (AvgIpc) is 2.36. The molecule has 1 atom stereocenters. The van der Waals surface area contributed by atoms with Crippen molar-refractivity contribution in [1.82, 2.24) is 0 Å². The van der Waals surface area contributed by atoms with E-state index in [0.29, 0.717) is 5.56 Å². The first-order chi connectivity index (χ1) is 8.34. The Labute approximate surface area is 108 Å². The molecule has 0 heterocycles. The molecule has 0 bridgehead atoms. The fourth-order valence-electron chi connectivity index (χ4n) is 1.48. The number of Topliss-reactive ketones (excluding diaryl/α,β-unsaturated/α-hetero) is 1. The standard InChI is InChI=1S/C13H19NO3S/c1-10(2)18(16,17)9-8-12(15)13(14)11-6-4-3-5-7-11/h3-7,10,13H,8-9,14H2,1-2H3. The highest BCUT2D eigenvalue weighted by Gasteiger charge is 2.21. The Morgan fingerprint density at radius 3 is 2.28 bits per heavy atom. The molecule has 0 fully saturated rings. The SMILES string of the molecule is CC(C)S(=O)(=O)CCC(=O)C(N)c1ccccc1. The van der Waals surface area contributed by atoms with Gasteiger partial charge in [-0.3, -0.25) is 4.79 Å². The molecule has 1 unspecified atom stereocenters. The van der Waals surface area contributed by atoms with Crippen LogP contribution in [0.25, 0.3) is 0 Å². The Balaban J connectivity index is 2.62. The molecule has 0 aromatic heterocycles. The second-order valence-electron chi connectivity index (χ2n) is 4.52. The average molecular weight is 269 g/mol. The summed E-state index contributed by atoms with van der Waals surface area (Å²) in [6, 6.07) is 8.22. The van der Waals surface area contributed by atoms with Crippen molar-refractivity contribution >= 4 is 15.6 Å². The second-order valence-corrected chi connectivity index (χ2v) is 7.20. The molecule has 0 radical (unpaired) electrons. The van der Waals surface area contributed by atoms with E-state index >= 15 is 0 Å². The van der Waals surface area contributed by atoms with Crippen molar-refractivity contribution in [2.45, 2.75) is 31.6 Å². The normalized spacial score (nSPS) is 13.6. The van der Waals surface area contributed by atoms with Gasteiger partial charge in [-0.15, -0.1) is 0 Å². The third-order valence-electron chi connectivity index (χ3n) is 2.86. The van der Waals surface area contributed by atoms with Crippen molar-refractivity contribution in [2.75, 3.05) is 5.75 Å². The topological polar surface area (TPSA) is 77.2 Å². The van der Waals surface area contributed by atoms with E-state index < -0.39 is 21.1 Å². The fourth-order valence-corrected chi connectivity index (χ4v) is 2.44. The monoisotopic (exact) mass is 269 g/mol. The first-order valence-electron chi connectivity index (χ1n) is 5.89. The maximum atomic E-state index is 11.8. The largest absolute Gasteiger partial charge is 0.318 e. The summed E-state index contributed by atoms with van der Waals surface area (Å²) in [5.41, 5.74) is 6.51. The Kier molecular flexibility index (Phi) is 5.04. The van der Waals surface area contributed by atoms with Crippen molar-refractivity contribution in [2.24, 2.45) is 5.73 Å². The van der Waals surface area contributed by atoms with E-state index in [0.717, 1.165) is 0 Å². The minimum Gasteiger partial charge on any atom is -0.318 e. The van der Waals surface area contributed by atoms with Crippen molar-refractivity contribution in [3.05, 3.63) is 35.9 Å². The maximum absolute atomic E-state index is 11.8. The van der Waals surface area contributed by atoms with Crippen LogP contribution in [-0.4, -0.2) is 25.2 Å². The van der Waals surface area contributed by atoms with E-state index in [1.54, 1.807) is 38.1 Å². The molecule has 0 amide bonds. The van der Waals surface area contributed by atoms with E-state index in [1.807, 2.05) is 6.07 Å². The first kappa shape index (κ1) is 14.9. The van der Waals surface area contributed by atoms with E-state index in [2.05, 4.69) is 0 Å². The van der Waals surface area contributed by atoms with Crippen LogP contribution >= 0.6 is 0 Å². The number of carbonyl (C=O) groups excluding carboxylic acids is 1. The summed E-state index contributed by atoms with van der Waals surface area (Å²) in [7, 11) is -3.19. The molecule has 0 aliphatic rings. The number of rotatable bonds is 6. The molecule has 0 spiro atoms. The van der Waals surface area contributed by atoms with Crippen LogP contribution in [0.4, 0.5) is 0 Å². The van der Waals surface area contributed by atoms with E-state index in [9.17, 15) is 13.2 Å². The van der Waals surface area contributed by atoms with Crippen LogP contribution in [0.1, 0.15) is 31.9 Å². The molecule has 18 heavy (non-hydrogen) atoms. The van der Waals surface area contributed by atoms with E-state index in [-0.39, 0.29) is 18.0 Å². The van der Waals surface area contributed by atoms with Gasteiger partial charge in [0.15, 0.2) is 15.6 Å². The van der Waals surface area contributed by atoms with Crippen LogP contribution in [0.2, 0.25) is 0 Å². The van der Waals surface area contributed by atoms with Gasteiger partial charge in [0, 0.05) is 6.42 Å². The van der Waals surface area contributed by atoms with Gasteiger partial charge in [-0.05, 0) is 19.4 Å². The van der Waals surface area contributed by atoms with Crippen LogP contribution in [0.5, 0.6) is 0 Å². The van der Waals surface area contributed by atoms with E-state index in [1.165, 1.54) is 0 Å². The van der Waals surface area contributed by atoms with Crippen molar-refractivity contribution in [3.8, 4) is 0 Å². The molecule has 1 aromatic carbocycles. The highest BCUT2D eigenvalue weighted by atomic mass is 32.2. The summed E-state index contributed by atoms with van der Waals surface area (Å²) in [5.74, 6) is -0.380. The lowest BCUT2D eigenvalue weighted by Gasteiger charge is -2.12. The Bertz CT molecular complexity index is 494. The summed E-state index contributed by atoms with van der Waals surface area (Å²) >= 11 is 0. The number of benzene rings is 1. The highest BCUT2D eigenvalue weighted by Crippen LogP contribution is 2.13. The molecule has 0 saturated carbocycles. The van der Waals surface area contributed by atoms with Crippen LogP contribution < -0.4 is 5.73 Å². The zero-order chi connectivity index (χ0) is 13.8. The smallest absolute Gasteiger partial charge is 0.155 e. The van der Waals surface area contributed by atoms with Crippen molar-refractivity contribution in [1.29, 1.82) is 0 Å². The number of sulfone groups is 1. The van der Waals surface area contributed by atoms with Gasteiger partial charge in [0.25, 0.3) is 0 Å². The number of ketones is 1. The minimum absolute atomic E-state index is 0.0312. The van der Waals surface area contributed by atoms with Crippen LogP contribution in [0.15, 0.2) is 30.3 Å². The lowest BCUT2D eigenvalue weighted by Crippen LogP contribution is -2.26. The molecule has 1 rings (SSSR count). The molecular weight excluding hydrogens is 250 g/mol. The van der Waals surface area contributed by atoms with Gasteiger partial charge < -0.3 is 5.73 Å². The molecule has 2 N–H and O–H groups in total. The Morgan fingerprint density at radius 2 is 1.78 bits per heavy atom. The first-order valence-corrected chi connectivity index (χ1v) is 7.61. The zero-order valence-electron chi connectivity index (χ0n) is 10.7. The number of hydrogen-bond acceptors (Lipinski definition) is 4. The molecule has 4 nitrogen and oxygen atoms in total. The zero-order valence-corrected chi connectivity index (χ0v) is 11.5. The third-order valence-corrected chi connectivity index (χ3v) is 5.07. The number of nitrogens with two attached hydrogens (primary N) is 1. The molecule has 5 heteroatoms. The summed E-state index contributed by atoms with van der Waals surface area (Å²) in [6.45, 7) is 3.22. The maximum Gasteiger partial charge on any atom is 0.155 e. The van der Waals surface area contributed by atoms with Gasteiger partial charge in [0.1, 0.15) is 0 Å². The van der Waals surface area contributed by atoms with Crippen LogP contribution in [0, 0.1) is 0 Å². The lowest BCUT2D eigenvalue weighted by atomic mass is 10.0. The lowest BCUT2D eigenvalue weighted by molar-refractivity contribution is -0.120. The second kappa shape index (κ2) is 6.11. The van der Waals surface area contributed by atoms with Gasteiger partial charge in [0.05, 0.1) is 17.0 Å².